The minimum atomic E-state index is -0.887. The van der Waals surface area contributed by atoms with Crippen LogP contribution in [0.4, 0.5) is 0 Å². The highest BCUT2D eigenvalue weighted by molar-refractivity contribution is 6.03. The molecule has 2 unspecified atom stereocenters. The van der Waals surface area contributed by atoms with Crippen LogP contribution in [0.3, 0.4) is 0 Å². The maximum absolute atomic E-state index is 12.3. The molecular formula is C13H24O4. The van der Waals surface area contributed by atoms with Gasteiger partial charge in [0.25, 0.3) is 0 Å². The van der Waals surface area contributed by atoms with Crippen LogP contribution >= 0.6 is 0 Å². The van der Waals surface area contributed by atoms with E-state index in [1.807, 2.05) is 20.8 Å². The Hall–Kier alpha value is -0.900. The minimum absolute atomic E-state index is 0.178. The average Bonchev–Trinajstić information content (AvgIpc) is 2.30. The molecule has 0 rings (SSSR count). The van der Waals surface area contributed by atoms with Crippen molar-refractivity contribution in [3.8, 4) is 0 Å². The van der Waals surface area contributed by atoms with Crippen LogP contribution in [0.5, 0.6) is 0 Å². The first-order chi connectivity index (χ1) is 7.96. The SMILES string of the molecule is CCOC(=O)C(CC)C(=O)C(C)(CC)OCC. The molecule has 4 nitrogen and oxygen atoms in total. The first-order valence-corrected chi connectivity index (χ1v) is 6.31. The summed E-state index contributed by atoms with van der Waals surface area (Å²) in [6.07, 6.45) is 0.996. The smallest absolute Gasteiger partial charge is 0.316 e. The molecular weight excluding hydrogens is 220 g/mol. The zero-order valence-corrected chi connectivity index (χ0v) is 11.5. The van der Waals surface area contributed by atoms with Crippen molar-refractivity contribution in [3.63, 3.8) is 0 Å². The molecule has 0 saturated carbocycles. The standard InChI is InChI=1S/C13H24O4/c1-6-10(12(15)16-8-3)11(14)13(5,7-2)17-9-4/h10H,6-9H2,1-5H3. The minimum Gasteiger partial charge on any atom is -0.465 e. The molecule has 0 spiro atoms. The van der Waals surface area contributed by atoms with E-state index in [0.717, 1.165) is 0 Å². The fraction of sp³-hybridized carbons (Fsp3) is 0.846. The van der Waals surface area contributed by atoms with Gasteiger partial charge in [-0.3, -0.25) is 9.59 Å². The average molecular weight is 244 g/mol. The second-order valence-corrected chi connectivity index (χ2v) is 4.09. The third kappa shape index (κ3) is 4.11. The van der Waals surface area contributed by atoms with Gasteiger partial charge in [0.1, 0.15) is 11.5 Å². The summed E-state index contributed by atoms with van der Waals surface area (Å²) in [5, 5.41) is 0. The Labute approximate surface area is 104 Å². The van der Waals surface area contributed by atoms with Crippen molar-refractivity contribution in [2.45, 2.75) is 53.1 Å². The third-order valence-electron chi connectivity index (χ3n) is 2.95. The number of ether oxygens (including phenoxy) is 2. The highest BCUT2D eigenvalue weighted by Crippen LogP contribution is 2.23. The molecule has 0 saturated heterocycles. The van der Waals surface area contributed by atoms with Crippen molar-refractivity contribution in [1.29, 1.82) is 0 Å². The molecule has 4 heteroatoms. The van der Waals surface area contributed by atoms with Crippen LogP contribution in [0.15, 0.2) is 0 Å². The van der Waals surface area contributed by atoms with Crippen LogP contribution < -0.4 is 0 Å². The fourth-order valence-electron chi connectivity index (χ4n) is 1.74. The largest absolute Gasteiger partial charge is 0.465 e. The number of hydrogen-bond acceptors (Lipinski definition) is 4. The molecule has 0 aromatic heterocycles. The predicted octanol–water partition coefficient (Wildman–Crippen LogP) is 2.35. The van der Waals surface area contributed by atoms with E-state index in [1.54, 1.807) is 13.8 Å². The Morgan fingerprint density at radius 2 is 1.71 bits per heavy atom. The van der Waals surface area contributed by atoms with Gasteiger partial charge in [0.15, 0.2) is 5.78 Å². The summed E-state index contributed by atoms with van der Waals surface area (Å²) in [7, 11) is 0. The van der Waals surface area contributed by atoms with Crippen molar-refractivity contribution in [1.82, 2.24) is 0 Å². The Morgan fingerprint density at radius 1 is 1.12 bits per heavy atom. The Morgan fingerprint density at radius 3 is 2.06 bits per heavy atom. The molecule has 0 aliphatic heterocycles. The Balaban J connectivity index is 4.88. The Kier molecular flexibility index (Phi) is 7.04. The van der Waals surface area contributed by atoms with Gasteiger partial charge in [0.05, 0.1) is 6.61 Å². The highest BCUT2D eigenvalue weighted by atomic mass is 16.5. The van der Waals surface area contributed by atoms with Gasteiger partial charge in [-0.05, 0) is 33.6 Å². The number of esters is 1. The summed E-state index contributed by atoms with van der Waals surface area (Å²) in [5.74, 6) is -1.34. The number of carbonyl (C=O) groups is 2. The van der Waals surface area contributed by atoms with Crippen molar-refractivity contribution < 1.29 is 19.1 Å². The van der Waals surface area contributed by atoms with Crippen LogP contribution in [-0.2, 0) is 19.1 Å². The lowest BCUT2D eigenvalue weighted by Crippen LogP contribution is -2.44. The van der Waals surface area contributed by atoms with Gasteiger partial charge in [0, 0.05) is 6.61 Å². The van der Waals surface area contributed by atoms with E-state index < -0.39 is 17.5 Å². The van der Waals surface area contributed by atoms with Gasteiger partial charge >= 0.3 is 5.97 Å². The molecule has 0 radical (unpaired) electrons. The summed E-state index contributed by atoms with van der Waals surface area (Å²) < 4.78 is 10.4. The summed E-state index contributed by atoms with van der Waals surface area (Å²) >= 11 is 0. The molecule has 0 aliphatic carbocycles. The molecule has 0 aliphatic rings. The molecule has 2 atom stereocenters. The molecule has 0 aromatic carbocycles. The lowest BCUT2D eigenvalue weighted by atomic mass is 9.86. The molecule has 0 aromatic rings. The van der Waals surface area contributed by atoms with Crippen molar-refractivity contribution in [2.24, 2.45) is 5.92 Å². The predicted molar refractivity (Wildman–Crippen MR) is 65.7 cm³/mol. The summed E-state index contributed by atoms with van der Waals surface area (Å²) in [6, 6.07) is 0. The van der Waals surface area contributed by atoms with Crippen molar-refractivity contribution in [3.05, 3.63) is 0 Å². The van der Waals surface area contributed by atoms with Crippen molar-refractivity contribution >= 4 is 11.8 Å². The number of ketones is 1. The van der Waals surface area contributed by atoms with Gasteiger partial charge in [0.2, 0.25) is 0 Å². The molecule has 0 fully saturated rings. The first-order valence-electron chi connectivity index (χ1n) is 6.31. The van der Waals surface area contributed by atoms with E-state index in [2.05, 4.69) is 0 Å². The van der Waals surface area contributed by atoms with Crippen LogP contribution in [0, 0.1) is 5.92 Å². The van der Waals surface area contributed by atoms with Crippen LogP contribution in [0.25, 0.3) is 0 Å². The summed E-state index contributed by atoms with van der Waals surface area (Å²) in [5.41, 5.74) is -0.887. The monoisotopic (exact) mass is 244 g/mol. The Bertz CT molecular complexity index is 262. The van der Waals surface area contributed by atoms with Gasteiger partial charge in [-0.1, -0.05) is 13.8 Å². The lowest BCUT2D eigenvalue weighted by Gasteiger charge is -2.29. The molecule has 100 valence electrons. The number of Topliss-reactive ketones (excluding diaryl/α,β-unsaturated/α-hetero) is 1. The molecule has 0 N–H and O–H groups in total. The quantitative estimate of drug-likeness (QED) is 0.486. The molecule has 0 heterocycles. The topological polar surface area (TPSA) is 52.6 Å². The van der Waals surface area contributed by atoms with Crippen LogP contribution in [0.1, 0.15) is 47.5 Å². The fourth-order valence-corrected chi connectivity index (χ4v) is 1.74. The van der Waals surface area contributed by atoms with E-state index >= 15 is 0 Å². The van der Waals surface area contributed by atoms with E-state index in [1.165, 1.54) is 0 Å². The van der Waals surface area contributed by atoms with Gasteiger partial charge in [-0.25, -0.2) is 0 Å². The number of rotatable bonds is 8. The van der Waals surface area contributed by atoms with E-state index in [0.29, 0.717) is 26.1 Å². The van der Waals surface area contributed by atoms with Gasteiger partial charge in [-0.2, -0.15) is 0 Å². The molecule has 17 heavy (non-hydrogen) atoms. The van der Waals surface area contributed by atoms with Gasteiger partial charge < -0.3 is 9.47 Å². The van der Waals surface area contributed by atoms with Crippen LogP contribution in [-0.4, -0.2) is 30.6 Å². The van der Waals surface area contributed by atoms with E-state index in [-0.39, 0.29) is 5.78 Å². The first kappa shape index (κ1) is 16.1. The number of hydrogen-bond donors (Lipinski definition) is 0. The van der Waals surface area contributed by atoms with Crippen LogP contribution in [0.2, 0.25) is 0 Å². The van der Waals surface area contributed by atoms with E-state index in [9.17, 15) is 9.59 Å². The summed E-state index contributed by atoms with van der Waals surface area (Å²) in [4.78, 5) is 24.0. The zero-order valence-electron chi connectivity index (χ0n) is 11.5. The maximum atomic E-state index is 12.3. The second kappa shape index (κ2) is 7.43. The molecule has 0 bridgehead atoms. The van der Waals surface area contributed by atoms with Crippen molar-refractivity contribution in [2.75, 3.05) is 13.2 Å². The lowest BCUT2D eigenvalue weighted by molar-refractivity contribution is -0.160. The van der Waals surface area contributed by atoms with Gasteiger partial charge in [-0.15, -0.1) is 0 Å². The summed E-state index contributed by atoms with van der Waals surface area (Å²) in [6.45, 7) is 9.74. The maximum Gasteiger partial charge on any atom is 0.316 e. The van der Waals surface area contributed by atoms with E-state index in [4.69, 9.17) is 9.47 Å². The zero-order chi connectivity index (χ0) is 13.5. The highest BCUT2D eigenvalue weighted by Gasteiger charge is 2.40. The molecule has 0 amide bonds. The second-order valence-electron chi connectivity index (χ2n) is 4.09. The normalized spacial score (nSPS) is 16.1. The third-order valence-corrected chi connectivity index (χ3v) is 2.95. The number of carbonyl (C=O) groups excluding carboxylic acids is 2.